The van der Waals surface area contributed by atoms with Gasteiger partial charge in [-0.25, -0.2) is 0 Å². The number of hydrogen-bond acceptors (Lipinski definition) is 4. The minimum Gasteiger partial charge on any atom is -0.465 e. The number of hydrogen-bond donors (Lipinski definition) is 1. The molecule has 1 fully saturated rings. The SMILES string of the molecule is CCCNC1(C(=O)OCC)CCC(N(C)C(C)C(C)C)C1. The van der Waals surface area contributed by atoms with Gasteiger partial charge in [0.15, 0.2) is 0 Å². The average molecular weight is 298 g/mol. The van der Waals surface area contributed by atoms with Crippen LogP contribution in [0.5, 0.6) is 0 Å². The summed E-state index contributed by atoms with van der Waals surface area (Å²) in [4.78, 5) is 14.9. The molecule has 0 aliphatic heterocycles. The Morgan fingerprint density at radius 1 is 1.38 bits per heavy atom. The Kier molecular flexibility index (Phi) is 7.14. The van der Waals surface area contributed by atoms with Gasteiger partial charge in [0.25, 0.3) is 0 Å². The van der Waals surface area contributed by atoms with Gasteiger partial charge in [-0.15, -0.1) is 0 Å². The second-order valence-electron chi connectivity index (χ2n) is 6.78. The molecule has 4 nitrogen and oxygen atoms in total. The molecule has 1 aliphatic carbocycles. The highest BCUT2D eigenvalue weighted by atomic mass is 16.5. The van der Waals surface area contributed by atoms with Gasteiger partial charge in [0.05, 0.1) is 6.61 Å². The highest BCUT2D eigenvalue weighted by molar-refractivity contribution is 5.81. The molecule has 0 saturated heterocycles. The first-order valence-electron chi connectivity index (χ1n) is 8.52. The molecule has 0 spiro atoms. The van der Waals surface area contributed by atoms with Crippen LogP contribution in [-0.4, -0.2) is 48.7 Å². The Balaban J connectivity index is 2.78. The first-order chi connectivity index (χ1) is 9.88. The van der Waals surface area contributed by atoms with Crippen LogP contribution in [0.15, 0.2) is 0 Å². The van der Waals surface area contributed by atoms with Crippen LogP contribution in [0.4, 0.5) is 0 Å². The van der Waals surface area contributed by atoms with Gasteiger partial charge in [0.2, 0.25) is 0 Å². The third kappa shape index (κ3) is 4.43. The molecule has 1 aliphatic rings. The summed E-state index contributed by atoms with van der Waals surface area (Å²) in [6.07, 6.45) is 3.83. The molecule has 0 heterocycles. The van der Waals surface area contributed by atoms with Crippen molar-refractivity contribution in [2.45, 2.75) is 77.9 Å². The molecular weight excluding hydrogens is 264 g/mol. The van der Waals surface area contributed by atoms with E-state index in [0.717, 1.165) is 32.2 Å². The third-order valence-corrected chi connectivity index (χ3v) is 5.05. The van der Waals surface area contributed by atoms with Crippen LogP contribution in [-0.2, 0) is 9.53 Å². The lowest BCUT2D eigenvalue weighted by Gasteiger charge is -2.35. The first kappa shape index (κ1) is 18.4. The number of carbonyl (C=O) groups is 1. The fourth-order valence-corrected chi connectivity index (χ4v) is 3.22. The van der Waals surface area contributed by atoms with E-state index >= 15 is 0 Å². The molecule has 0 aromatic carbocycles. The first-order valence-corrected chi connectivity index (χ1v) is 8.52. The van der Waals surface area contributed by atoms with Crippen molar-refractivity contribution in [1.29, 1.82) is 0 Å². The molecule has 3 atom stereocenters. The van der Waals surface area contributed by atoms with Crippen LogP contribution in [0.25, 0.3) is 0 Å². The summed E-state index contributed by atoms with van der Waals surface area (Å²) < 4.78 is 5.34. The lowest BCUT2D eigenvalue weighted by atomic mass is 9.96. The Hall–Kier alpha value is -0.610. The summed E-state index contributed by atoms with van der Waals surface area (Å²) in [7, 11) is 2.19. The molecule has 0 radical (unpaired) electrons. The second kappa shape index (κ2) is 8.14. The molecule has 124 valence electrons. The molecule has 0 aromatic heterocycles. The number of carbonyl (C=O) groups excluding carboxylic acids is 1. The predicted octanol–water partition coefficient (Wildman–Crippen LogP) is 2.82. The van der Waals surface area contributed by atoms with E-state index in [1.807, 2.05) is 6.92 Å². The third-order valence-electron chi connectivity index (χ3n) is 5.05. The Bertz CT molecular complexity index is 333. The van der Waals surface area contributed by atoms with Crippen LogP contribution in [0.3, 0.4) is 0 Å². The number of esters is 1. The van der Waals surface area contributed by atoms with Crippen LogP contribution in [0.1, 0.15) is 60.3 Å². The minimum atomic E-state index is -0.471. The fraction of sp³-hybridized carbons (Fsp3) is 0.941. The van der Waals surface area contributed by atoms with E-state index in [9.17, 15) is 4.79 Å². The highest BCUT2D eigenvalue weighted by Gasteiger charge is 2.47. The van der Waals surface area contributed by atoms with Gasteiger partial charge >= 0.3 is 5.97 Å². The summed E-state index contributed by atoms with van der Waals surface area (Å²) >= 11 is 0. The highest BCUT2D eigenvalue weighted by Crippen LogP contribution is 2.35. The normalized spacial score (nSPS) is 27.3. The zero-order chi connectivity index (χ0) is 16.0. The van der Waals surface area contributed by atoms with E-state index in [1.54, 1.807) is 0 Å². The van der Waals surface area contributed by atoms with Crippen molar-refractivity contribution in [3.8, 4) is 0 Å². The van der Waals surface area contributed by atoms with Crippen LogP contribution in [0, 0.1) is 5.92 Å². The van der Waals surface area contributed by atoms with Crippen LogP contribution < -0.4 is 5.32 Å². The second-order valence-corrected chi connectivity index (χ2v) is 6.78. The van der Waals surface area contributed by atoms with E-state index in [4.69, 9.17) is 4.74 Å². The van der Waals surface area contributed by atoms with E-state index in [0.29, 0.717) is 24.6 Å². The zero-order valence-corrected chi connectivity index (χ0v) is 14.7. The minimum absolute atomic E-state index is 0.0634. The Labute approximate surface area is 130 Å². The molecule has 1 rings (SSSR count). The van der Waals surface area contributed by atoms with Crippen molar-refractivity contribution in [2.75, 3.05) is 20.2 Å². The molecule has 0 amide bonds. The predicted molar refractivity (Wildman–Crippen MR) is 87.4 cm³/mol. The molecule has 3 unspecified atom stereocenters. The quantitative estimate of drug-likeness (QED) is 0.700. The average Bonchev–Trinajstić information content (AvgIpc) is 2.89. The van der Waals surface area contributed by atoms with Gasteiger partial charge in [0.1, 0.15) is 5.54 Å². The topological polar surface area (TPSA) is 41.6 Å². The lowest BCUT2D eigenvalue weighted by Crippen LogP contribution is -2.53. The van der Waals surface area contributed by atoms with Crippen molar-refractivity contribution in [2.24, 2.45) is 5.92 Å². The van der Waals surface area contributed by atoms with Gasteiger partial charge in [-0.2, -0.15) is 0 Å². The van der Waals surface area contributed by atoms with Crippen molar-refractivity contribution >= 4 is 5.97 Å². The summed E-state index contributed by atoms with van der Waals surface area (Å²) in [5, 5.41) is 3.48. The monoisotopic (exact) mass is 298 g/mol. The van der Waals surface area contributed by atoms with Crippen molar-refractivity contribution in [3.63, 3.8) is 0 Å². The Morgan fingerprint density at radius 3 is 2.57 bits per heavy atom. The van der Waals surface area contributed by atoms with E-state index in [1.165, 1.54) is 0 Å². The lowest BCUT2D eigenvalue weighted by molar-refractivity contribution is -0.151. The zero-order valence-electron chi connectivity index (χ0n) is 14.7. The van der Waals surface area contributed by atoms with Crippen LogP contribution >= 0.6 is 0 Å². The van der Waals surface area contributed by atoms with Gasteiger partial charge in [0, 0.05) is 12.1 Å². The van der Waals surface area contributed by atoms with Crippen molar-refractivity contribution < 1.29 is 9.53 Å². The summed E-state index contributed by atoms with van der Waals surface area (Å²) in [5.41, 5.74) is -0.471. The molecular formula is C17H34N2O2. The standard InChI is InChI=1S/C17H34N2O2/c1-7-11-18-17(16(20)21-8-2)10-9-15(12-17)19(6)14(5)13(3)4/h13-15,18H,7-12H2,1-6H3. The fourth-order valence-electron chi connectivity index (χ4n) is 3.22. The number of rotatable bonds is 8. The van der Waals surface area contributed by atoms with E-state index in [-0.39, 0.29) is 5.97 Å². The molecule has 0 aromatic rings. The molecule has 1 N–H and O–H groups in total. The number of nitrogens with one attached hydrogen (secondary N) is 1. The van der Waals surface area contributed by atoms with Gasteiger partial charge < -0.3 is 15.0 Å². The Morgan fingerprint density at radius 2 is 2.05 bits per heavy atom. The van der Waals surface area contributed by atoms with Gasteiger partial charge in [-0.3, -0.25) is 4.79 Å². The molecule has 1 saturated carbocycles. The molecule has 21 heavy (non-hydrogen) atoms. The van der Waals surface area contributed by atoms with Crippen molar-refractivity contribution in [3.05, 3.63) is 0 Å². The smallest absolute Gasteiger partial charge is 0.326 e. The van der Waals surface area contributed by atoms with Crippen LogP contribution in [0.2, 0.25) is 0 Å². The summed E-state index contributed by atoms with van der Waals surface area (Å²) in [6.45, 7) is 12.1. The molecule has 0 bridgehead atoms. The summed E-state index contributed by atoms with van der Waals surface area (Å²) in [5.74, 6) is 0.558. The molecule has 4 heteroatoms. The van der Waals surface area contributed by atoms with E-state index in [2.05, 4.69) is 45.0 Å². The largest absolute Gasteiger partial charge is 0.465 e. The van der Waals surface area contributed by atoms with Gasteiger partial charge in [-0.05, 0) is 59.0 Å². The number of ether oxygens (including phenoxy) is 1. The maximum absolute atomic E-state index is 12.4. The number of nitrogens with zero attached hydrogens (tertiary/aromatic N) is 1. The van der Waals surface area contributed by atoms with Gasteiger partial charge in [-0.1, -0.05) is 20.8 Å². The van der Waals surface area contributed by atoms with Crippen molar-refractivity contribution in [1.82, 2.24) is 10.2 Å². The summed E-state index contributed by atoms with van der Waals surface area (Å²) in [6, 6.07) is 0.982. The maximum Gasteiger partial charge on any atom is 0.326 e. The maximum atomic E-state index is 12.4. The van der Waals surface area contributed by atoms with E-state index < -0.39 is 5.54 Å².